The third-order valence-corrected chi connectivity index (χ3v) is 4.64. The van der Waals surface area contributed by atoms with Gasteiger partial charge in [0, 0.05) is 16.6 Å². The summed E-state index contributed by atoms with van der Waals surface area (Å²) in [6.07, 6.45) is -1.02. The van der Waals surface area contributed by atoms with Crippen molar-refractivity contribution in [2.24, 2.45) is 0 Å². The van der Waals surface area contributed by atoms with E-state index in [1.807, 2.05) is 36.4 Å². The topological polar surface area (TPSA) is 90.9 Å². The van der Waals surface area contributed by atoms with Crippen LogP contribution in [0.25, 0.3) is 10.8 Å². The van der Waals surface area contributed by atoms with Crippen LogP contribution in [0, 0.1) is 0 Å². The van der Waals surface area contributed by atoms with E-state index in [1.54, 1.807) is 18.2 Å². The van der Waals surface area contributed by atoms with Gasteiger partial charge in [0.25, 0.3) is 5.91 Å². The minimum absolute atomic E-state index is 0.115. The van der Waals surface area contributed by atoms with Crippen molar-refractivity contribution in [1.82, 2.24) is 0 Å². The predicted molar refractivity (Wildman–Crippen MR) is 117 cm³/mol. The second-order valence-electron chi connectivity index (χ2n) is 6.86. The Morgan fingerprint density at radius 1 is 0.968 bits per heavy atom. The number of amides is 1. The fraction of sp³-hybridized carbons (Fsp3) is 0.208. The summed E-state index contributed by atoms with van der Waals surface area (Å²) < 4.78 is 15.8. The number of rotatable bonds is 8. The number of Topliss-reactive ketones (excluding diaryl/α,β-unsaturated/α-hetero) is 1. The molecule has 0 aliphatic carbocycles. The average molecular weight is 421 g/mol. The van der Waals surface area contributed by atoms with Crippen LogP contribution in [-0.4, -0.2) is 37.5 Å². The van der Waals surface area contributed by atoms with Crippen molar-refractivity contribution in [3.8, 4) is 11.5 Å². The monoisotopic (exact) mass is 421 g/mol. The molecule has 7 nitrogen and oxygen atoms in total. The van der Waals surface area contributed by atoms with Crippen molar-refractivity contribution < 1.29 is 28.6 Å². The number of carbonyl (C=O) groups excluding carboxylic acids is 3. The molecule has 3 rings (SSSR count). The quantitative estimate of drug-likeness (QED) is 0.437. The van der Waals surface area contributed by atoms with Crippen LogP contribution in [0.15, 0.2) is 60.7 Å². The van der Waals surface area contributed by atoms with E-state index in [4.69, 9.17) is 14.2 Å². The normalized spacial score (nSPS) is 11.5. The summed E-state index contributed by atoms with van der Waals surface area (Å²) in [5.41, 5.74) is 1.10. The SMILES string of the molecule is COc1cc(C(C)=O)ccc1OCC(=O)O[C@H](C)C(=O)Nc1cccc2ccccc12. The molecule has 0 heterocycles. The first kappa shape index (κ1) is 21.8. The van der Waals surface area contributed by atoms with Crippen LogP contribution >= 0.6 is 0 Å². The van der Waals surface area contributed by atoms with Gasteiger partial charge in [-0.25, -0.2) is 4.79 Å². The van der Waals surface area contributed by atoms with Gasteiger partial charge in [-0.15, -0.1) is 0 Å². The molecule has 0 aliphatic rings. The minimum atomic E-state index is -1.02. The van der Waals surface area contributed by atoms with Gasteiger partial charge >= 0.3 is 5.97 Å². The molecule has 0 saturated carbocycles. The van der Waals surface area contributed by atoms with Gasteiger partial charge in [0.15, 0.2) is 30.0 Å². The molecule has 0 radical (unpaired) electrons. The number of benzene rings is 3. The van der Waals surface area contributed by atoms with Gasteiger partial charge in [0.05, 0.1) is 7.11 Å². The molecule has 7 heteroatoms. The summed E-state index contributed by atoms with van der Waals surface area (Å²) in [6, 6.07) is 17.9. The van der Waals surface area contributed by atoms with Crippen LogP contribution in [0.2, 0.25) is 0 Å². The Bertz CT molecular complexity index is 1120. The fourth-order valence-electron chi connectivity index (χ4n) is 3.00. The van der Waals surface area contributed by atoms with Gasteiger partial charge in [-0.1, -0.05) is 36.4 Å². The maximum absolute atomic E-state index is 12.5. The number of esters is 1. The van der Waals surface area contributed by atoms with Crippen molar-refractivity contribution in [2.45, 2.75) is 20.0 Å². The molecule has 3 aromatic rings. The van der Waals surface area contributed by atoms with Crippen LogP contribution in [-0.2, 0) is 14.3 Å². The van der Waals surface area contributed by atoms with E-state index in [0.717, 1.165) is 10.8 Å². The molecule has 1 N–H and O–H groups in total. The molecule has 0 aliphatic heterocycles. The fourth-order valence-corrected chi connectivity index (χ4v) is 3.00. The van der Waals surface area contributed by atoms with Crippen LogP contribution in [0.4, 0.5) is 5.69 Å². The van der Waals surface area contributed by atoms with E-state index in [0.29, 0.717) is 17.0 Å². The standard InChI is InChI=1S/C24H23NO6/c1-15(26)18-11-12-21(22(13-18)29-3)30-14-23(27)31-16(2)24(28)25-20-10-6-8-17-7-4-5-9-19(17)20/h4-13,16H,14H2,1-3H3,(H,25,28)/t16-/m1/s1. The van der Waals surface area contributed by atoms with E-state index in [1.165, 1.54) is 27.0 Å². The van der Waals surface area contributed by atoms with E-state index in [-0.39, 0.29) is 11.5 Å². The predicted octanol–water partition coefficient (Wildman–Crippen LogP) is 4.00. The zero-order chi connectivity index (χ0) is 22.4. The Labute approximate surface area is 179 Å². The summed E-state index contributed by atoms with van der Waals surface area (Å²) in [5, 5.41) is 4.67. The average Bonchev–Trinajstić information content (AvgIpc) is 2.77. The van der Waals surface area contributed by atoms with Crippen molar-refractivity contribution in [2.75, 3.05) is 19.0 Å². The molecule has 31 heavy (non-hydrogen) atoms. The van der Waals surface area contributed by atoms with Gasteiger partial charge in [0.1, 0.15) is 0 Å². The van der Waals surface area contributed by atoms with E-state index in [9.17, 15) is 14.4 Å². The number of carbonyl (C=O) groups is 3. The van der Waals surface area contributed by atoms with Gasteiger partial charge in [-0.05, 0) is 43.5 Å². The third-order valence-electron chi connectivity index (χ3n) is 4.64. The number of methoxy groups -OCH3 is 1. The summed E-state index contributed by atoms with van der Waals surface area (Å²) in [4.78, 5) is 36.1. The summed E-state index contributed by atoms with van der Waals surface area (Å²) in [6.45, 7) is 2.51. The maximum atomic E-state index is 12.5. The molecule has 0 fully saturated rings. The van der Waals surface area contributed by atoms with Crippen molar-refractivity contribution in [3.63, 3.8) is 0 Å². The van der Waals surface area contributed by atoms with Gasteiger partial charge < -0.3 is 19.5 Å². The summed E-state index contributed by atoms with van der Waals surface area (Å²) in [5.74, 6) is -0.666. The second kappa shape index (κ2) is 9.75. The molecule has 3 aromatic carbocycles. The highest BCUT2D eigenvalue weighted by atomic mass is 16.6. The Morgan fingerprint density at radius 3 is 2.45 bits per heavy atom. The number of ketones is 1. The van der Waals surface area contributed by atoms with Gasteiger partial charge in [-0.2, -0.15) is 0 Å². The molecule has 1 atom stereocenters. The first-order valence-electron chi connectivity index (χ1n) is 9.69. The first-order chi connectivity index (χ1) is 14.9. The number of nitrogens with one attached hydrogen (secondary N) is 1. The molecule has 0 aromatic heterocycles. The Kier molecular flexibility index (Phi) is 6.87. The van der Waals surface area contributed by atoms with Crippen molar-refractivity contribution in [1.29, 1.82) is 0 Å². The number of hydrogen-bond donors (Lipinski definition) is 1. The number of fused-ring (bicyclic) bond motifs is 1. The van der Waals surface area contributed by atoms with Crippen molar-refractivity contribution in [3.05, 3.63) is 66.2 Å². The van der Waals surface area contributed by atoms with Crippen LogP contribution in [0.1, 0.15) is 24.2 Å². The van der Waals surface area contributed by atoms with Crippen LogP contribution in [0.5, 0.6) is 11.5 Å². The van der Waals surface area contributed by atoms with E-state index < -0.39 is 24.6 Å². The molecule has 0 saturated heterocycles. The highest BCUT2D eigenvalue weighted by Crippen LogP contribution is 2.28. The minimum Gasteiger partial charge on any atom is -0.493 e. The van der Waals surface area contributed by atoms with Crippen LogP contribution in [0.3, 0.4) is 0 Å². The summed E-state index contributed by atoms with van der Waals surface area (Å²) >= 11 is 0. The highest BCUT2D eigenvalue weighted by Gasteiger charge is 2.19. The first-order valence-corrected chi connectivity index (χ1v) is 9.69. The molecular weight excluding hydrogens is 398 g/mol. The van der Waals surface area contributed by atoms with E-state index in [2.05, 4.69) is 5.32 Å². The summed E-state index contributed by atoms with van der Waals surface area (Å²) in [7, 11) is 1.43. The smallest absolute Gasteiger partial charge is 0.344 e. The van der Waals surface area contributed by atoms with Crippen LogP contribution < -0.4 is 14.8 Å². The van der Waals surface area contributed by atoms with E-state index >= 15 is 0 Å². The number of anilines is 1. The molecular formula is C24H23NO6. The van der Waals surface area contributed by atoms with Crippen molar-refractivity contribution >= 4 is 34.1 Å². The lowest BCUT2D eigenvalue weighted by molar-refractivity contribution is -0.155. The molecule has 1 amide bonds. The lowest BCUT2D eigenvalue weighted by Crippen LogP contribution is -2.31. The highest BCUT2D eigenvalue weighted by molar-refractivity contribution is 6.03. The Hall–Kier alpha value is -3.87. The number of ether oxygens (including phenoxy) is 3. The lowest BCUT2D eigenvalue weighted by atomic mass is 10.1. The van der Waals surface area contributed by atoms with Gasteiger partial charge in [-0.3, -0.25) is 9.59 Å². The van der Waals surface area contributed by atoms with Gasteiger partial charge in [0.2, 0.25) is 0 Å². The molecule has 0 spiro atoms. The largest absolute Gasteiger partial charge is 0.493 e. The maximum Gasteiger partial charge on any atom is 0.344 e. The molecule has 0 bridgehead atoms. The Morgan fingerprint density at radius 2 is 1.71 bits per heavy atom. The number of hydrogen-bond acceptors (Lipinski definition) is 6. The Balaban J connectivity index is 1.58. The zero-order valence-electron chi connectivity index (χ0n) is 17.5. The second-order valence-corrected chi connectivity index (χ2v) is 6.86. The zero-order valence-corrected chi connectivity index (χ0v) is 17.5. The molecule has 0 unspecified atom stereocenters. The lowest BCUT2D eigenvalue weighted by Gasteiger charge is -2.15. The molecule has 160 valence electrons. The third kappa shape index (κ3) is 5.39.